The number of amides is 1. The van der Waals surface area contributed by atoms with Crippen LogP contribution in [0.3, 0.4) is 0 Å². The predicted octanol–water partition coefficient (Wildman–Crippen LogP) is 0.192. The van der Waals surface area contributed by atoms with Crippen molar-refractivity contribution in [2.24, 2.45) is 0 Å². The average molecular weight is 355 g/mol. The van der Waals surface area contributed by atoms with Crippen LogP contribution in [0.5, 0.6) is 0 Å². The highest BCUT2D eigenvalue weighted by Crippen LogP contribution is 2.07. The molecule has 0 aliphatic carbocycles. The highest BCUT2D eigenvalue weighted by Gasteiger charge is 2.21. The van der Waals surface area contributed by atoms with Crippen molar-refractivity contribution >= 4 is 15.9 Å². The van der Waals surface area contributed by atoms with E-state index in [1.807, 2.05) is 0 Å². The monoisotopic (exact) mass is 355 g/mol. The molecule has 1 aliphatic heterocycles. The van der Waals surface area contributed by atoms with E-state index in [0.29, 0.717) is 6.54 Å². The highest BCUT2D eigenvalue weighted by molar-refractivity contribution is 7.89. The van der Waals surface area contributed by atoms with Gasteiger partial charge in [0.1, 0.15) is 0 Å². The lowest BCUT2D eigenvalue weighted by Crippen LogP contribution is -2.45. The molecule has 0 radical (unpaired) electrons. The summed E-state index contributed by atoms with van der Waals surface area (Å²) >= 11 is 0. The Morgan fingerprint density at radius 3 is 2.58 bits per heavy atom. The fourth-order valence-electron chi connectivity index (χ4n) is 2.45. The second kappa shape index (κ2) is 9.12. The Morgan fingerprint density at radius 1 is 1.25 bits per heavy atom. The molecule has 1 atom stereocenters. The standard InChI is InChI=1S/C16H25N3O4S/c1-14(18-24(21,22)15-6-3-2-4-7-15)16(20)17-8-5-9-19-10-12-23-13-11-19/h2-4,6-7,14,18H,5,8-13H2,1H3,(H,17,20)/t14-/m1/s1. The Balaban J connectivity index is 1.71. The van der Waals surface area contributed by atoms with E-state index < -0.39 is 16.1 Å². The Bertz CT molecular complexity index is 615. The molecule has 1 aromatic carbocycles. The third kappa shape index (κ3) is 5.86. The fourth-order valence-corrected chi connectivity index (χ4v) is 3.67. The van der Waals surface area contributed by atoms with Gasteiger partial charge in [-0.2, -0.15) is 4.72 Å². The van der Waals surface area contributed by atoms with Gasteiger partial charge in [-0.15, -0.1) is 0 Å². The summed E-state index contributed by atoms with van der Waals surface area (Å²) in [5.41, 5.74) is 0. The SMILES string of the molecule is C[C@@H](NS(=O)(=O)c1ccccc1)C(=O)NCCCN1CCOCC1. The van der Waals surface area contributed by atoms with Crippen molar-refractivity contribution in [3.8, 4) is 0 Å². The maximum atomic E-state index is 12.2. The van der Waals surface area contributed by atoms with Crippen LogP contribution in [0.1, 0.15) is 13.3 Å². The topological polar surface area (TPSA) is 87.7 Å². The van der Waals surface area contributed by atoms with Crippen molar-refractivity contribution < 1.29 is 17.9 Å². The average Bonchev–Trinajstić information content (AvgIpc) is 2.60. The summed E-state index contributed by atoms with van der Waals surface area (Å²) in [6, 6.07) is 7.20. The number of ether oxygens (including phenoxy) is 1. The maximum absolute atomic E-state index is 12.2. The first-order chi connectivity index (χ1) is 11.5. The minimum Gasteiger partial charge on any atom is -0.379 e. The molecule has 7 nitrogen and oxygen atoms in total. The van der Waals surface area contributed by atoms with Crippen LogP contribution in [0.15, 0.2) is 35.2 Å². The lowest BCUT2D eigenvalue weighted by atomic mass is 10.3. The minimum absolute atomic E-state index is 0.150. The fraction of sp³-hybridized carbons (Fsp3) is 0.562. The van der Waals surface area contributed by atoms with Gasteiger partial charge in [-0.1, -0.05) is 18.2 Å². The zero-order valence-corrected chi connectivity index (χ0v) is 14.7. The molecule has 1 aliphatic rings. The van der Waals surface area contributed by atoms with Gasteiger partial charge in [0.15, 0.2) is 0 Å². The number of carbonyl (C=O) groups excluding carboxylic acids is 1. The number of hydrogen-bond donors (Lipinski definition) is 2. The van der Waals surface area contributed by atoms with Crippen molar-refractivity contribution in [3.63, 3.8) is 0 Å². The van der Waals surface area contributed by atoms with Gasteiger partial charge < -0.3 is 10.1 Å². The van der Waals surface area contributed by atoms with Gasteiger partial charge in [0.25, 0.3) is 0 Å². The van der Waals surface area contributed by atoms with E-state index in [9.17, 15) is 13.2 Å². The zero-order valence-electron chi connectivity index (χ0n) is 13.9. The van der Waals surface area contributed by atoms with Gasteiger partial charge in [-0.3, -0.25) is 9.69 Å². The van der Waals surface area contributed by atoms with Crippen LogP contribution in [0.25, 0.3) is 0 Å². The molecule has 2 rings (SSSR count). The molecule has 1 fully saturated rings. The van der Waals surface area contributed by atoms with E-state index >= 15 is 0 Å². The third-order valence-corrected chi connectivity index (χ3v) is 5.39. The van der Waals surface area contributed by atoms with Crippen molar-refractivity contribution in [1.82, 2.24) is 14.9 Å². The number of sulfonamides is 1. The summed E-state index contributed by atoms with van der Waals surface area (Å²) in [7, 11) is -3.69. The summed E-state index contributed by atoms with van der Waals surface area (Å²) in [5, 5.41) is 2.77. The molecular weight excluding hydrogens is 330 g/mol. The number of rotatable bonds is 8. The molecule has 0 spiro atoms. The van der Waals surface area contributed by atoms with Crippen molar-refractivity contribution in [1.29, 1.82) is 0 Å². The van der Waals surface area contributed by atoms with Crippen LogP contribution in [-0.2, 0) is 19.6 Å². The van der Waals surface area contributed by atoms with Gasteiger partial charge in [0, 0.05) is 19.6 Å². The molecule has 24 heavy (non-hydrogen) atoms. The molecule has 1 heterocycles. The number of hydrogen-bond acceptors (Lipinski definition) is 5. The molecule has 1 saturated heterocycles. The largest absolute Gasteiger partial charge is 0.379 e. The Labute approximate surface area is 143 Å². The molecule has 0 saturated carbocycles. The van der Waals surface area contributed by atoms with Crippen LogP contribution in [0.2, 0.25) is 0 Å². The van der Waals surface area contributed by atoms with Gasteiger partial charge in [-0.25, -0.2) is 8.42 Å². The second-order valence-electron chi connectivity index (χ2n) is 5.75. The molecule has 1 aromatic rings. The summed E-state index contributed by atoms with van der Waals surface area (Å²) in [6.45, 7) is 6.30. The van der Waals surface area contributed by atoms with E-state index in [2.05, 4.69) is 14.9 Å². The highest BCUT2D eigenvalue weighted by atomic mass is 32.2. The van der Waals surface area contributed by atoms with Crippen molar-refractivity contribution in [2.45, 2.75) is 24.3 Å². The number of carbonyl (C=O) groups is 1. The molecule has 134 valence electrons. The van der Waals surface area contributed by atoms with Crippen LogP contribution < -0.4 is 10.0 Å². The number of nitrogens with zero attached hydrogens (tertiary/aromatic N) is 1. The van der Waals surface area contributed by atoms with Crippen LogP contribution in [0.4, 0.5) is 0 Å². The smallest absolute Gasteiger partial charge is 0.241 e. The summed E-state index contributed by atoms with van der Waals surface area (Å²) in [5.74, 6) is -0.323. The number of benzene rings is 1. The predicted molar refractivity (Wildman–Crippen MR) is 91.1 cm³/mol. The third-order valence-electron chi connectivity index (χ3n) is 3.83. The molecular formula is C16H25N3O4S. The van der Waals surface area contributed by atoms with Crippen LogP contribution in [-0.4, -0.2) is 64.7 Å². The zero-order chi connectivity index (χ0) is 17.4. The van der Waals surface area contributed by atoms with E-state index in [1.165, 1.54) is 19.1 Å². The molecule has 2 N–H and O–H groups in total. The quantitative estimate of drug-likeness (QED) is 0.650. The molecule has 0 aromatic heterocycles. The van der Waals surface area contributed by atoms with Gasteiger partial charge in [-0.05, 0) is 32.0 Å². The van der Waals surface area contributed by atoms with Gasteiger partial charge >= 0.3 is 0 Å². The molecule has 1 amide bonds. The van der Waals surface area contributed by atoms with Crippen LogP contribution in [0, 0.1) is 0 Å². The first-order valence-corrected chi connectivity index (χ1v) is 9.62. The maximum Gasteiger partial charge on any atom is 0.241 e. The summed E-state index contributed by atoms with van der Waals surface area (Å²) < 4.78 is 32.0. The van der Waals surface area contributed by atoms with Crippen LogP contribution >= 0.6 is 0 Å². The normalized spacial score (nSPS) is 17.4. The van der Waals surface area contributed by atoms with E-state index in [0.717, 1.165) is 39.3 Å². The van der Waals surface area contributed by atoms with Crippen molar-refractivity contribution in [3.05, 3.63) is 30.3 Å². The van der Waals surface area contributed by atoms with E-state index in [4.69, 9.17) is 4.74 Å². The lowest BCUT2D eigenvalue weighted by Gasteiger charge is -2.26. The lowest BCUT2D eigenvalue weighted by molar-refractivity contribution is -0.122. The first kappa shape index (κ1) is 18.9. The van der Waals surface area contributed by atoms with E-state index in [-0.39, 0.29) is 10.8 Å². The Morgan fingerprint density at radius 2 is 1.92 bits per heavy atom. The number of nitrogens with one attached hydrogen (secondary N) is 2. The summed E-state index contributed by atoms with van der Waals surface area (Å²) in [4.78, 5) is 14.5. The van der Waals surface area contributed by atoms with Crippen molar-refractivity contribution in [2.75, 3.05) is 39.4 Å². The molecule has 0 bridgehead atoms. The number of morpholine rings is 1. The van der Waals surface area contributed by atoms with Gasteiger partial charge in [0.05, 0.1) is 24.2 Å². The van der Waals surface area contributed by atoms with Gasteiger partial charge in [0.2, 0.25) is 15.9 Å². The van der Waals surface area contributed by atoms with E-state index in [1.54, 1.807) is 18.2 Å². The Kier molecular flexibility index (Phi) is 7.16. The molecule has 8 heteroatoms. The first-order valence-electron chi connectivity index (χ1n) is 8.14. The molecule has 0 unspecified atom stereocenters. The minimum atomic E-state index is -3.69. The Hall–Kier alpha value is -1.48. The summed E-state index contributed by atoms with van der Waals surface area (Å²) in [6.07, 6.45) is 0.823. The second-order valence-corrected chi connectivity index (χ2v) is 7.47.